The minimum absolute atomic E-state index is 0.773. The number of nitrogens with one attached hydrogen (secondary N) is 3. The van der Waals surface area contributed by atoms with E-state index in [1.54, 1.807) is 0 Å². The Morgan fingerprint density at radius 3 is 2.58 bits per heavy atom. The van der Waals surface area contributed by atoms with E-state index < -0.39 is 0 Å². The summed E-state index contributed by atoms with van der Waals surface area (Å²) in [5.74, 6) is 1.77. The van der Waals surface area contributed by atoms with Gasteiger partial charge in [0, 0.05) is 75.0 Å². The molecule has 4 rings (SSSR count). The van der Waals surface area contributed by atoms with Crippen molar-refractivity contribution in [2.24, 2.45) is 0 Å². The minimum Gasteiger partial charge on any atom is -0.394 e. The van der Waals surface area contributed by atoms with Crippen molar-refractivity contribution < 1.29 is 0 Å². The average molecular weight is 444 g/mol. The molecule has 1 saturated heterocycles. The molecule has 1 aliphatic heterocycles. The molecule has 172 valence electrons. The summed E-state index contributed by atoms with van der Waals surface area (Å²) in [6.07, 6.45) is 5.78. The molecule has 1 aromatic carbocycles. The number of benzene rings is 1. The van der Waals surface area contributed by atoms with Gasteiger partial charge < -0.3 is 25.8 Å². The van der Waals surface area contributed by atoms with Crippen LogP contribution in [0.2, 0.25) is 0 Å². The van der Waals surface area contributed by atoms with Gasteiger partial charge in [0.2, 0.25) is 0 Å². The van der Waals surface area contributed by atoms with Crippen LogP contribution in [0.15, 0.2) is 61.6 Å². The highest BCUT2D eigenvalue weighted by Gasteiger charge is 2.16. The van der Waals surface area contributed by atoms with E-state index in [1.807, 2.05) is 38.8 Å². The summed E-state index contributed by atoms with van der Waals surface area (Å²) in [6.45, 7) is 9.12. The van der Waals surface area contributed by atoms with Crippen molar-refractivity contribution in [3.8, 4) is 0 Å². The van der Waals surface area contributed by atoms with Crippen LogP contribution in [-0.2, 0) is 0 Å². The van der Waals surface area contributed by atoms with E-state index in [0.717, 1.165) is 66.4 Å². The summed E-state index contributed by atoms with van der Waals surface area (Å²) in [4.78, 5) is 13.8. The second-order valence-corrected chi connectivity index (χ2v) is 8.42. The van der Waals surface area contributed by atoms with Crippen LogP contribution in [0.4, 0.5) is 11.6 Å². The maximum Gasteiger partial charge on any atom is 0.130 e. The Hall–Kier alpha value is -3.42. The zero-order valence-corrected chi connectivity index (χ0v) is 19.7. The van der Waals surface area contributed by atoms with Crippen LogP contribution in [0, 0.1) is 0 Å². The first-order valence-electron chi connectivity index (χ1n) is 11.3. The molecule has 0 aliphatic carbocycles. The Kier molecular flexibility index (Phi) is 7.22. The zero-order valence-electron chi connectivity index (χ0n) is 19.7. The quantitative estimate of drug-likeness (QED) is 0.494. The lowest BCUT2D eigenvalue weighted by Gasteiger charge is -2.33. The topological polar surface area (TPSA) is 68.3 Å². The Bertz CT molecular complexity index is 1150. The van der Waals surface area contributed by atoms with E-state index in [-0.39, 0.29) is 0 Å². The first-order valence-corrected chi connectivity index (χ1v) is 11.3. The molecule has 3 aromatic rings. The normalized spacial score (nSPS) is 15.0. The molecule has 0 unspecified atom stereocenters. The number of hydrogen-bond donors (Lipinski definition) is 3. The number of fused-ring (bicyclic) bond motifs is 1. The number of anilines is 2. The van der Waals surface area contributed by atoms with Gasteiger partial charge in [0.15, 0.2) is 0 Å². The standard InChI is InChI=1S/C26H33N7/c1-19(20-7-8-29-26(15-20)33-11-9-32(4)10-12-33)31-25-14-23-13-21(5-6-22(23)18-30-25)24(16-27-2)17-28-3/h5-8,13-16,18,27-28H,1,9-12,17H2,2-4H3,(H,30,31)/b24-16+. The molecule has 0 bridgehead atoms. The summed E-state index contributed by atoms with van der Waals surface area (Å²) in [5, 5.41) is 12.0. The molecule has 0 saturated carbocycles. The molecule has 3 heterocycles. The number of rotatable bonds is 8. The highest BCUT2D eigenvalue weighted by molar-refractivity contribution is 5.89. The van der Waals surface area contributed by atoms with Crippen LogP contribution in [-0.4, -0.2) is 68.7 Å². The summed E-state index contributed by atoms with van der Waals surface area (Å²) in [6, 6.07) is 12.6. The second kappa shape index (κ2) is 10.5. The van der Waals surface area contributed by atoms with Crippen LogP contribution in [0.5, 0.6) is 0 Å². The van der Waals surface area contributed by atoms with Gasteiger partial charge in [0.25, 0.3) is 0 Å². The van der Waals surface area contributed by atoms with Crippen LogP contribution >= 0.6 is 0 Å². The molecule has 7 heteroatoms. The van der Waals surface area contributed by atoms with Crippen molar-refractivity contribution in [3.63, 3.8) is 0 Å². The molecule has 3 N–H and O–H groups in total. The Morgan fingerprint density at radius 2 is 1.82 bits per heavy atom. The number of piperazine rings is 1. The summed E-state index contributed by atoms with van der Waals surface area (Å²) < 4.78 is 0. The van der Waals surface area contributed by atoms with Crippen LogP contribution < -0.4 is 20.9 Å². The molecule has 0 radical (unpaired) electrons. The number of likely N-dealkylation sites (N-methyl/N-ethyl adjacent to an activating group) is 2. The molecular weight excluding hydrogens is 410 g/mol. The molecular formula is C26H33N7. The van der Waals surface area contributed by atoms with Crippen molar-refractivity contribution in [1.82, 2.24) is 25.5 Å². The van der Waals surface area contributed by atoms with Crippen molar-refractivity contribution >= 4 is 33.7 Å². The maximum absolute atomic E-state index is 4.60. The third kappa shape index (κ3) is 5.50. The van der Waals surface area contributed by atoms with E-state index in [0.29, 0.717) is 0 Å². The minimum atomic E-state index is 0.773. The Balaban J connectivity index is 1.53. The molecule has 1 aliphatic rings. The smallest absolute Gasteiger partial charge is 0.130 e. The molecule has 7 nitrogen and oxygen atoms in total. The van der Waals surface area contributed by atoms with Gasteiger partial charge >= 0.3 is 0 Å². The van der Waals surface area contributed by atoms with Gasteiger partial charge in [-0.25, -0.2) is 9.97 Å². The predicted molar refractivity (Wildman–Crippen MR) is 139 cm³/mol. The number of aromatic nitrogens is 2. The highest BCUT2D eigenvalue weighted by atomic mass is 15.3. The maximum atomic E-state index is 4.60. The first kappa shape index (κ1) is 22.8. The van der Waals surface area contributed by atoms with E-state index in [9.17, 15) is 0 Å². The van der Waals surface area contributed by atoms with E-state index >= 15 is 0 Å². The van der Waals surface area contributed by atoms with Gasteiger partial charge in [-0.05, 0) is 54.9 Å². The monoisotopic (exact) mass is 443 g/mol. The largest absolute Gasteiger partial charge is 0.394 e. The van der Waals surface area contributed by atoms with Crippen molar-refractivity contribution in [3.05, 3.63) is 72.7 Å². The van der Waals surface area contributed by atoms with Crippen molar-refractivity contribution in [1.29, 1.82) is 0 Å². The third-order valence-electron chi connectivity index (χ3n) is 5.98. The summed E-state index contributed by atoms with van der Waals surface area (Å²) >= 11 is 0. The summed E-state index contributed by atoms with van der Waals surface area (Å²) in [5.41, 5.74) is 4.20. The molecule has 0 amide bonds. The van der Waals surface area contributed by atoms with Crippen LogP contribution in [0.25, 0.3) is 22.0 Å². The highest BCUT2D eigenvalue weighted by Crippen LogP contribution is 2.25. The second-order valence-electron chi connectivity index (χ2n) is 8.42. The van der Waals surface area contributed by atoms with E-state index in [4.69, 9.17) is 0 Å². The van der Waals surface area contributed by atoms with Gasteiger partial charge in [-0.3, -0.25) is 0 Å². The van der Waals surface area contributed by atoms with Gasteiger partial charge in [-0.2, -0.15) is 0 Å². The third-order valence-corrected chi connectivity index (χ3v) is 5.98. The molecule has 2 aromatic heterocycles. The lowest BCUT2D eigenvalue weighted by atomic mass is 10.0. The van der Waals surface area contributed by atoms with Crippen molar-refractivity contribution in [2.75, 3.05) is 64.1 Å². The first-order chi connectivity index (χ1) is 16.1. The van der Waals surface area contributed by atoms with Gasteiger partial charge in [-0.15, -0.1) is 0 Å². The number of hydrogen-bond acceptors (Lipinski definition) is 7. The fourth-order valence-electron chi connectivity index (χ4n) is 4.05. The van der Waals surface area contributed by atoms with Gasteiger partial charge in [0.1, 0.15) is 11.6 Å². The van der Waals surface area contributed by atoms with Crippen LogP contribution in [0.1, 0.15) is 11.1 Å². The molecule has 0 spiro atoms. The average Bonchev–Trinajstić information content (AvgIpc) is 2.84. The molecule has 1 fully saturated rings. The SMILES string of the molecule is C=C(Nc1cc2cc(/C(=C/NC)CNC)ccc2cn1)c1ccnc(N2CCN(C)CC2)c1. The number of nitrogens with zero attached hydrogens (tertiary/aromatic N) is 4. The fourth-order valence-corrected chi connectivity index (χ4v) is 4.05. The summed E-state index contributed by atoms with van der Waals surface area (Å²) in [7, 11) is 6.03. The van der Waals surface area contributed by atoms with Crippen LogP contribution in [0.3, 0.4) is 0 Å². The zero-order chi connectivity index (χ0) is 23.2. The Morgan fingerprint density at radius 1 is 1.00 bits per heavy atom. The number of pyridine rings is 2. The fraction of sp³-hybridized carbons (Fsp3) is 0.308. The molecule has 33 heavy (non-hydrogen) atoms. The van der Waals surface area contributed by atoms with E-state index in [2.05, 4.69) is 79.7 Å². The van der Waals surface area contributed by atoms with E-state index in [1.165, 1.54) is 11.1 Å². The lowest BCUT2D eigenvalue weighted by molar-refractivity contribution is 0.312. The van der Waals surface area contributed by atoms with Gasteiger partial charge in [0.05, 0.1) is 0 Å². The predicted octanol–water partition coefficient (Wildman–Crippen LogP) is 3.24. The lowest BCUT2D eigenvalue weighted by Crippen LogP contribution is -2.44. The Labute approximate surface area is 196 Å². The molecule has 0 atom stereocenters. The van der Waals surface area contributed by atoms with Gasteiger partial charge in [-0.1, -0.05) is 18.7 Å². The van der Waals surface area contributed by atoms with Crippen molar-refractivity contribution in [2.45, 2.75) is 0 Å².